The maximum absolute atomic E-state index is 12.6. The highest BCUT2D eigenvalue weighted by Crippen LogP contribution is 2.34. The standard InChI is InChI=1S/C11H7ClF6O2/c12-5-8(19)2-6-1-7(10(13,14)15)4-9(3-6)20-11(16,17)18/h1,3-4H,2,5H2. The number of carbonyl (C=O) groups is 1. The highest BCUT2D eigenvalue weighted by atomic mass is 35.5. The van der Waals surface area contributed by atoms with Gasteiger partial charge in [0, 0.05) is 6.42 Å². The van der Waals surface area contributed by atoms with Crippen molar-refractivity contribution in [2.24, 2.45) is 0 Å². The minimum atomic E-state index is -5.13. The van der Waals surface area contributed by atoms with Crippen molar-refractivity contribution in [1.29, 1.82) is 0 Å². The van der Waals surface area contributed by atoms with Crippen LogP contribution in [-0.2, 0) is 17.4 Å². The fraction of sp³-hybridized carbons (Fsp3) is 0.364. The van der Waals surface area contributed by atoms with Crippen molar-refractivity contribution in [3.8, 4) is 5.75 Å². The van der Waals surface area contributed by atoms with E-state index in [4.69, 9.17) is 11.6 Å². The zero-order chi connectivity index (χ0) is 15.6. The summed E-state index contributed by atoms with van der Waals surface area (Å²) in [6.45, 7) is 0. The smallest absolute Gasteiger partial charge is 0.406 e. The summed E-state index contributed by atoms with van der Waals surface area (Å²) < 4.78 is 77.2. The second-order valence-corrected chi connectivity index (χ2v) is 4.03. The Kier molecular flexibility index (Phi) is 4.90. The van der Waals surface area contributed by atoms with Crippen LogP contribution in [0.15, 0.2) is 18.2 Å². The summed E-state index contributed by atoms with van der Waals surface area (Å²) >= 11 is 5.19. The average molecular weight is 321 g/mol. The van der Waals surface area contributed by atoms with Gasteiger partial charge in [-0.25, -0.2) is 0 Å². The molecule has 0 aliphatic carbocycles. The van der Waals surface area contributed by atoms with Gasteiger partial charge in [0.1, 0.15) is 5.75 Å². The van der Waals surface area contributed by atoms with E-state index in [2.05, 4.69) is 4.74 Å². The molecule has 0 amide bonds. The largest absolute Gasteiger partial charge is 0.573 e. The van der Waals surface area contributed by atoms with Gasteiger partial charge in [0.15, 0.2) is 5.78 Å². The van der Waals surface area contributed by atoms with Crippen molar-refractivity contribution in [3.63, 3.8) is 0 Å². The minimum Gasteiger partial charge on any atom is -0.406 e. The molecular weight excluding hydrogens is 314 g/mol. The number of hydrogen-bond donors (Lipinski definition) is 0. The van der Waals surface area contributed by atoms with E-state index < -0.39 is 41.9 Å². The predicted octanol–water partition coefficient (Wildman–Crippen LogP) is 3.95. The van der Waals surface area contributed by atoms with Crippen LogP contribution >= 0.6 is 11.6 Å². The van der Waals surface area contributed by atoms with Crippen LogP contribution < -0.4 is 4.74 Å². The van der Waals surface area contributed by atoms with E-state index in [0.717, 1.165) is 0 Å². The first-order valence-electron chi connectivity index (χ1n) is 5.06. The van der Waals surface area contributed by atoms with Gasteiger partial charge < -0.3 is 4.74 Å². The molecule has 0 aliphatic rings. The normalized spacial score (nSPS) is 12.3. The molecule has 0 bridgehead atoms. The van der Waals surface area contributed by atoms with Crippen LogP contribution in [-0.4, -0.2) is 18.0 Å². The number of rotatable bonds is 4. The van der Waals surface area contributed by atoms with E-state index >= 15 is 0 Å². The molecule has 0 aliphatic heterocycles. The van der Waals surface area contributed by atoms with E-state index in [-0.39, 0.29) is 11.6 Å². The second-order valence-electron chi connectivity index (χ2n) is 3.76. The third-order valence-electron chi connectivity index (χ3n) is 2.08. The molecule has 0 saturated carbocycles. The molecule has 0 radical (unpaired) electrons. The SMILES string of the molecule is O=C(CCl)Cc1cc(OC(F)(F)F)cc(C(F)(F)F)c1. The van der Waals surface area contributed by atoms with Gasteiger partial charge in [0.05, 0.1) is 11.4 Å². The molecule has 2 nitrogen and oxygen atoms in total. The van der Waals surface area contributed by atoms with E-state index in [1.165, 1.54) is 0 Å². The first kappa shape index (κ1) is 16.6. The number of benzene rings is 1. The molecule has 1 rings (SSSR count). The fourth-order valence-electron chi connectivity index (χ4n) is 1.39. The van der Waals surface area contributed by atoms with Crippen molar-refractivity contribution in [1.82, 2.24) is 0 Å². The van der Waals surface area contributed by atoms with Gasteiger partial charge in [0.2, 0.25) is 0 Å². The second kappa shape index (κ2) is 5.90. The Morgan fingerprint density at radius 3 is 2.15 bits per heavy atom. The van der Waals surface area contributed by atoms with Gasteiger partial charge in [0.25, 0.3) is 0 Å². The predicted molar refractivity (Wildman–Crippen MR) is 57.6 cm³/mol. The topological polar surface area (TPSA) is 26.3 Å². The van der Waals surface area contributed by atoms with Crippen LogP contribution in [0.5, 0.6) is 5.75 Å². The molecule has 112 valence electrons. The van der Waals surface area contributed by atoms with Crippen molar-refractivity contribution in [2.45, 2.75) is 19.0 Å². The summed E-state index contributed by atoms with van der Waals surface area (Å²) in [4.78, 5) is 11.1. The first-order valence-corrected chi connectivity index (χ1v) is 5.59. The summed E-state index contributed by atoms with van der Waals surface area (Å²) in [5.74, 6) is -2.11. The van der Waals surface area contributed by atoms with Crippen LogP contribution in [0.3, 0.4) is 0 Å². The minimum absolute atomic E-state index is 0.210. The molecule has 20 heavy (non-hydrogen) atoms. The number of Topliss-reactive ketones (excluding diaryl/α,β-unsaturated/α-hetero) is 1. The zero-order valence-electron chi connectivity index (χ0n) is 9.61. The summed E-state index contributed by atoms with van der Waals surface area (Å²) in [5, 5.41) is 0. The number of alkyl halides is 7. The van der Waals surface area contributed by atoms with Crippen molar-refractivity contribution in [2.75, 3.05) is 5.88 Å². The molecule has 1 aromatic carbocycles. The highest BCUT2D eigenvalue weighted by molar-refractivity contribution is 6.27. The Hall–Kier alpha value is -1.44. The van der Waals surface area contributed by atoms with Gasteiger partial charge in [-0.15, -0.1) is 24.8 Å². The number of ether oxygens (including phenoxy) is 1. The summed E-state index contributed by atoms with van der Waals surface area (Å²) in [5.41, 5.74) is -1.60. The lowest BCUT2D eigenvalue weighted by atomic mass is 10.1. The van der Waals surface area contributed by atoms with Gasteiger partial charge >= 0.3 is 12.5 Å². The third-order valence-corrected chi connectivity index (χ3v) is 2.38. The number of halogens is 7. The molecule has 0 heterocycles. The monoisotopic (exact) mass is 320 g/mol. The Morgan fingerprint density at radius 1 is 1.10 bits per heavy atom. The maximum Gasteiger partial charge on any atom is 0.573 e. The summed E-state index contributed by atoms with van der Waals surface area (Å²) in [6.07, 6.45) is -10.5. The molecule has 0 aromatic heterocycles. The van der Waals surface area contributed by atoms with Crippen LogP contribution in [0.1, 0.15) is 11.1 Å². The Morgan fingerprint density at radius 2 is 1.70 bits per heavy atom. The van der Waals surface area contributed by atoms with Crippen molar-refractivity contribution in [3.05, 3.63) is 29.3 Å². The first-order chi connectivity index (χ1) is 9.01. The quantitative estimate of drug-likeness (QED) is 0.620. The lowest BCUT2D eigenvalue weighted by Crippen LogP contribution is -2.18. The Bertz CT molecular complexity index is 495. The van der Waals surface area contributed by atoms with Crippen molar-refractivity contribution < 1.29 is 35.9 Å². The van der Waals surface area contributed by atoms with Gasteiger partial charge in [-0.2, -0.15) is 13.2 Å². The van der Waals surface area contributed by atoms with E-state index in [1.807, 2.05) is 0 Å². The lowest BCUT2D eigenvalue weighted by Gasteiger charge is -2.14. The molecule has 1 aromatic rings. The van der Waals surface area contributed by atoms with Crippen LogP contribution in [0.25, 0.3) is 0 Å². The van der Waals surface area contributed by atoms with Crippen molar-refractivity contribution >= 4 is 17.4 Å². The van der Waals surface area contributed by atoms with E-state index in [9.17, 15) is 31.1 Å². The van der Waals surface area contributed by atoms with E-state index in [0.29, 0.717) is 12.1 Å². The molecule has 0 spiro atoms. The molecule has 0 atom stereocenters. The van der Waals surface area contributed by atoms with Crippen LogP contribution in [0, 0.1) is 0 Å². The lowest BCUT2D eigenvalue weighted by molar-refractivity contribution is -0.274. The number of carbonyl (C=O) groups excluding carboxylic acids is 1. The zero-order valence-corrected chi connectivity index (χ0v) is 10.4. The average Bonchev–Trinajstić information content (AvgIpc) is 2.24. The summed E-state index contributed by atoms with van der Waals surface area (Å²) in [7, 11) is 0. The van der Waals surface area contributed by atoms with E-state index in [1.54, 1.807) is 0 Å². The number of ketones is 1. The number of hydrogen-bond acceptors (Lipinski definition) is 2. The van der Waals surface area contributed by atoms with Gasteiger partial charge in [-0.1, -0.05) is 0 Å². The highest BCUT2D eigenvalue weighted by Gasteiger charge is 2.35. The van der Waals surface area contributed by atoms with Gasteiger partial charge in [-0.3, -0.25) is 4.79 Å². The maximum atomic E-state index is 12.6. The Balaban J connectivity index is 3.18. The Labute approximate surface area is 114 Å². The third kappa shape index (κ3) is 5.28. The van der Waals surface area contributed by atoms with Gasteiger partial charge in [-0.05, 0) is 23.8 Å². The van der Waals surface area contributed by atoms with Crippen LogP contribution in [0.2, 0.25) is 0 Å². The molecule has 0 saturated heterocycles. The van der Waals surface area contributed by atoms with Crippen LogP contribution in [0.4, 0.5) is 26.3 Å². The fourth-order valence-corrected chi connectivity index (χ4v) is 1.49. The summed E-state index contributed by atoms with van der Waals surface area (Å²) in [6, 6.07) is 1.50. The molecule has 0 fully saturated rings. The molecule has 0 N–H and O–H groups in total. The molecular formula is C11H7ClF6O2. The molecule has 9 heteroatoms. The molecule has 0 unspecified atom stereocenters.